The van der Waals surface area contributed by atoms with Crippen molar-refractivity contribution in [3.8, 4) is 0 Å². The molecule has 1 amide bonds. The van der Waals surface area contributed by atoms with E-state index in [-0.39, 0.29) is 11.9 Å². The number of halogens is 1. The number of carbonyl (C=O) groups is 1. The van der Waals surface area contributed by atoms with Crippen LogP contribution >= 0.6 is 15.9 Å². The highest BCUT2D eigenvalue weighted by Crippen LogP contribution is 2.37. The summed E-state index contributed by atoms with van der Waals surface area (Å²) in [7, 11) is 0. The molecule has 1 saturated carbocycles. The van der Waals surface area contributed by atoms with Crippen molar-refractivity contribution in [3.63, 3.8) is 0 Å². The van der Waals surface area contributed by atoms with Gasteiger partial charge >= 0.3 is 0 Å². The van der Waals surface area contributed by atoms with Gasteiger partial charge in [0.2, 0.25) is 0 Å². The van der Waals surface area contributed by atoms with Crippen LogP contribution in [0, 0.1) is 5.92 Å². The average molecular weight is 327 g/mol. The Morgan fingerprint density at radius 1 is 1.47 bits per heavy atom. The molecule has 3 nitrogen and oxygen atoms in total. The van der Waals surface area contributed by atoms with Crippen LogP contribution in [0.1, 0.15) is 63.0 Å². The molecule has 0 aromatic carbocycles. The second-order valence-corrected chi connectivity index (χ2v) is 6.44. The predicted octanol–water partition coefficient (Wildman–Crippen LogP) is 4.14. The molecule has 1 atom stereocenters. The molecular weight excluding hydrogens is 304 g/mol. The second kappa shape index (κ2) is 6.12. The van der Waals surface area contributed by atoms with Gasteiger partial charge in [0.1, 0.15) is 5.69 Å². The van der Waals surface area contributed by atoms with Crippen molar-refractivity contribution >= 4 is 21.8 Å². The zero-order chi connectivity index (χ0) is 14.0. The Labute approximate surface area is 123 Å². The number of carbonyl (C=O) groups excluding carboxylic acids is 1. The van der Waals surface area contributed by atoms with E-state index in [1.54, 1.807) is 0 Å². The minimum atomic E-state index is 0.0528. The summed E-state index contributed by atoms with van der Waals surface area (Å²) in [5.74, 6) is 0.605. The van der Waals surface area contributed by atoms with Gasteiger partial charge in [0.15, 0.2) is 0 Å². The highest BCUT2D eigenvalue weighted by molar-refractivity contribution is 9.10. The summed E-state index contributed by atoms with van der Waals surface area (Å²) < 4.78 is 3.10. The van der Waals surface area contributed by atoms with Gasteiger partial charge < -0.3 is 9.88 Å². The molecule has 4 heteroatoms. The van der Waals surface area contributed by atoms with Crippen molar-refractivity contribution in [1.82, 2.24) is 9.88 Å². The summed E-state index contributed by atoms with van der Waals surface area (Å²) in [6.07, 6.45) is 6.60. The van der Waals surface area contributed by atoms with Crippen molar-refractivity contribution in [1.29, 1.82) is 0 Å². The average Bonchev–Trinajstić information content (AvgIpc) is 3.13. The number of rotatable bonds is 6. The van der Waals surface area contributed by atoms with Crippen LogP contribution in [-0.2, 0) is 0 Å². The van der Waals surface area contributed by atoms with Crippen LogP contribution < -0.4 is 5.32 Å². The molecule has 2 rings (SSSR count). The number of amides is 1. The molecule has 0 spiro atoms. The first-order valence-electron chi connectivity index (χ1n) is 7.25. The molecule has 0 saturated heterocycles. The van der Waals surface area contributed by atoms with Gasteiger partial charge in [-0.25, -0.2) is 0 Å². The smallest absolute Gasteiger partial charge is 0.268 e. The lowest BCUT2D eigenvalue weighted by Crippen LogP contribution is -2.38. The summed E-state index contributed by atoms with van der Waals surface area (Å²) >= 11 is 3.47. The molecule has 19 heavy (non-hydrogen) atoms. The number of aromatic nitrogens is 1. The standard InChI is InChI=1S/C15H23BrN2O/c1-4-11(5-2)10(3)17-15(19)14-8-12(16)9-18(14)13-6-7-13/h8-11,13H,4-7H2,1-3H3,(H,17,19). The van der Waals surface area contributed by atoms with E-state index in [4.69, 9.17) is 0 Å². The van der Waals surface area contributed by atoms with Gasteiger partial charge in [-0.2, -0.15) is 0 Å². The maximum absolute atomic E-state index is 12.4. The van der Waals surface area contributed by atoms with Crippen molar-refractivity contribution in [2.45, 2.75) is 58.5 Å². The van der Waals surface area contributed by atoms with Crippen LogP contribution in [0.15, 0.2) is 16.7 Å². The lowest BCUT2D eigenvalue weighted by atomic mass is 9.95. The molecule has 1 aromatic heterocycles. The van der Waals surface area contributed by atoms with Gasteiger partial charge in [0, 0.05) is 22.8 Å². The molecule has 1 aliphatic rings. The van der Waals surface area contributed by atoms with E-state index in [1.165, 1.54) is 12.8 Å². The first-order valence-corrected chi connectivity index (χ1v) is 8.04. The van der Waals surface area contributed by atoms with E-state index in [0.717, 1.165) is 23.0 Å². The third-order valence-corrected chi connectivity index (χ3v) is 4.54. The van der Waals surface area contributed by atoms with Crippen LogP contribution in [0.3, 0.4) is 0 Å². The summed E-state index contributed by atoms with van der Waals surface area (Å²) in [5, 5.41) is 3.15. The van der Waals surface area contributed by atoms with Crippen LogP contribution in [0.4, 0.5) is 0 Å². The minimum absolute atomic E-state index is 0.0528. The summed E-state index contributed by atoms with van der Waals surface area (Å²) in [6.45, 7) is 6.47. The molecule has 106 valence electrons. The Morgan fingerprint density at radius 2 is 2.11 bits per heavy atom. The van der Waals surface area contributed by atoms with E-state index in [0.29, 0.717) is 12.0 Å². The Bertz CT molecular complexity index is 447. The fraction of sp³-hybridized carbons (Fsp3) is 0.667. The third kappa shape index (κ3) is 3.41. The van der Waals surface area contributed by atoms with Crippen LogP contribution in [0.2, 0.25) is 0 Å². The van der Waals surface area contributed by atoms with Gasteiger partial charge in [0.05, 0.1) is 0 Å². The van der Waals surface area contributed by atoms with E-state index < -0.39 is 0 Å². The summed E-state index contributed by atoms with van der Waals surface area (Å²) in [5.41, 5.74) is 0.784. The molecule has 0 radical (unpaired) electrons. The molecule has 1 aliphatic carbocycles. The van der Waals surface area contributed by atoms with Gasteiger partial charge in [-0.3, -0.25) is 4.79 Å². The fourth-order valence-electron chi connectivity index (χ4n) is 2.68. The molecule has 1 heterocycles. The van der Waals surface area contributed by atoms with Crippen molar-refractivity contribution in [2.24, 2.45) is 5.92 Å². The number of hydrogen-bond donors (Lipinski definition) is 1. The second-order valence-electron chi connectivity index (χ2n) is 5.52. The predicted molar refractivity (Wildman–Crippen MR) is 81.4 cm³/mol. The Hall–Kier alpha value is -0.770. The maximum atomic E-state index is 12.4. The SMILES string of the molecule is CCC(CC)C(C)NC(=O)c1cc(Br)cn1C1CC1. The van der Waals surface area contributed by atoms with Gasteiger partial charge in [-0.05, 0) is 47.7 Å². The van der Waals surface area contributed by atoms with E-state index >= 15 is 0 Å². The minimum Gasteiger partial charge on any atom is -0.348 e. The number of nitrogens with zero attached hydrogens (tertiary/aromatic N) is 1. The zero-order valence-electron chi connectivity index (χ0n) is 11.9. The van der Waals surface area contributed by atoms with Crippen LogP contribution in [0.25, 0.3) is 0 Å². The summed E-state index contributed by atoms with van der Waals surface area (Å²) in [6, 6.07) is 2.67. The lowest BCUT2D eigenvalue weighted by Gasteiger charge is -2.22. The highest BCUT2D eigenvalue weighted by atomic mass is 79.9. The Kier molecular flexibility index (Phi) is 4.71. The van der Waals surface area contributed by atoms with Crippen molar-refractivity contribution in [2.75, 3.05) is 0 Å². The third-order valence-electron chi connectivity index (χ3n) is 4.10. The Morgan fingerprint density at radius 3 is 2.63 bits per heavy atom. The van der Waals surface area contributed by atoms with E-state index in [9.17, 15) is 4.79 Å². The number of nitrogens with one attached hydrogen (secondary N) is 1. The van der Waals surface area contributed by atoms with Crippen LogP contribution in [-0.4, -0.2) is 16.5 Å². The molecule has 1 N–H and O–H groups in total. The zero-order valence-corrected chi connectivity index (χ0v) is 13.5. The monoisotopic (exact) mass is 326 g/mol. The number of hydrogen-bond acceptors (Lipinski definition) is 1. The van der Waals surface area contributed by atoms with Crippen LogP contribution in [0.5, 0.6) is 0 Å². The maximum Gasteiger partial charge on any atom is 0.268 e. The van der Waals surface area contributed by atoms with Gasteiger partial charge in [0.25, 0.3) is 5.91 Å². The topological polar surface area (TPSA) is 34.0 Å². The molecular formula is C15H23BrN2O. The molecule has 1 aromatic rings. The van der Waals surface area contributed by atoms with E-state index in [2.05, 4.69) is 46.6 Å². The largest absolute Gasteiger partial charge is 0.348 e. The van der Waals surface area contributed by atoms with Crippen molar-refractivity contribution < 1.29 is 4.79 Å². The Balaban J connectivity index is 2.07. The molecule has 0 aliphatic heterocycles. The highest BCUT2D eigenvalue weighted by Gasteiger charge is 2.28. The van der Waals surface area contributed by atoms with Gasteiger partial charge in [-0.15, -0.1) is 0 Å². The normalized spacial score (nSPS) is 16.7. The van der Waals surface area contributed by atoms with Gasteiger partial charge in [-0.1, -0.05) is 26.7 Å². The molecule has 1 unspecified atom stereocenters. The first kappa shape index (κ1) is 14.6. The lowest BCUT2D eigenvalue weighted by molar-refractivity contribution is 0.0915. The summed E-state index contributed by atoms with van der Waals surface area (Å²) in [4.78, 5) is 12.4. The fourth-order valence-corrected chi connectivity index (χ4v) is 3.11. The first-order chi connectivity index (χ1) is 9.06. The molecule has 0 bridgehead atoms. The molecule has 1 fully saturated rings. The van der Waals surface area contributed by atoms with E-state index in [1.807, 2.05) is 12.3 Å². The quantitative estimate of drug-likeness (QED) is 0.837. The van der Waals surface area contributed by atoms with Crippen molar-refractivity contribution in [3.05, 3.63) is 22.4 Å².